The second-order valence-corrected chi connectivity index (χ2v) is 6.37. The zero-order valence-electron chi connectivity index (χ0n) is 15.5. The van der Waals surface area contributed by atoms with Gasteiger partial charge in [-0.25, -0.2) is 0 Å². The highest BCUT2D eigenvalue weighted by Gasteiger charge is 2.18. The van der Waals surface area contributed by atoms with Crippen molar-refractivity contribution >= 4 is 11.9 Å². The quantitative estimate of drug-likeness (QED) is 0.564. The van der Waals surface area contributed by atoms with Crippen LogP contribution in [-0.4, -0.2) is 20.7 Å². The highest BCUT2D eigenvalue weighted by molar-refractivity contribution is 5.97. The number of carbonyl (C=O) groups is 1. The van der Waals surface area contributed by atoms with Crippen LogP contribution in [0.2, 0.25) is 0 Å². The molecule has 0 amide bonds. The molecular weight excluding hydrogens is 362 g/mol. The van der Waals surface area contributed by atoms with E-state index < -0.39 is 0 Å². The Morgan fingerprint density at radius 3 is 2.24 bits per heavy atom. The molecule has 3 aromatic carbocycles. The Balaban J connectivity index is 1.66. The molecule has 1 aromatic heterocycles. The summed E-state index contributed by atoms with van der Waals surface area (Å²) in [6.07, 6.45) is 0. The van der Waals surface area contributed by atoms with Gasteiger partial charge in [0.1, 0.15) is 0 Å². The van der Waals surface area contributed by atoms with Crippen molar-refractivity contribution in [2.75, 3.05) is 5.32 Å². The minimum absolute atomic E-state index is 0.261. The average Bonchev–Trinajstić information content (AvgIpc) is 3.23. The molecule has 0 unspecified atom stereocenters. The number of benzene rings is 3. The van der Waals surface area contributed by atoms with Gasteiger partial charge in [0, 0.05) is 17.7 Å². The lowest BCUT2D eigenvalue weighted by molar-refractivity contribution is 0.0947. The molecule has 0 aliphatic heterocycles. The van der Waals surface area contributed by atoms with Crippen molar-refractivity contribution < 1.29 is 4.79 Å². The van der Waals surface area contributed by atoms with Crippen LogP contribution in [0.4, 0.5) is 5.95 Å². The van der Waals surface area contributed by atoms with Gasteiger partial charge in [-0.3, -0.25) is 4.79 Å². The highest BCUT2D eigenvalue weighted by atomic mass is 16.2. The molecule has 0 spiro atoms. The maximum Gasteiger partial charge on any atom is 0.281 e. The molecule has 0 fully saturated rings. The molecule has 0 saturated heterocycles. The van der Waals surface area contributed by atoms with Gasteiger partial charge < -0.3 is 5.32 Å². The zero-order valence-corrected chi connectivity index (χ0v) is 15.5. The predicted octanol–water partition coefficient (Wildman–Crippen LogP) is 4.12. The molecule has 6 heteroatoms. The van der Waals surface area contributed by atoms with Crippen molar-refractivity contribution in [2.45, 2.75) is 6.54 Å². The summed E-state index contributed by atoms with van der Waals surface area (Å²) in [5.41, 5.74) is 2.92. The first-order valence-electron chi connectivity index (χ1n) is 9.10. The van der Waals surface area contributed by atoms with E-state index in [1.165, 1.54) is 4.68 Å². The standard InChI is InChI=1S/C23H17N5O/c24-15-17-11-13-18(14-12-17)16-25-23-26-21(19-7-3-1-4-8-19)27-28(23)22(29)20-9-5-2-6-10-20/h1-14H,16H2,(H,25,26,27). The van der Waals surface area contributed by atoms with Gasteiger partial charge in [-0.15, -0.1) is 5.10 Å². The summed E-state index contributed by atoms with van der Waals surface area (Å²) >= 11 is 0. The van der Waals surface area contributed by atoms with Crippen LogP contribution in [0.25, 0.3) is 11.4 Å². The molecule has 0 aliphatic rings. The van der Waals surface area contributed by atoms with E-state index in [1.54, 1.807) is 24.3 Å². The van der Waals surface area contributed by atoms with Crippen LogP contribution in [0.1, 0.15) is 21.5 Å². The largest absolute Gasteiger partial charge is 0.350 e. The number of carbonyl (C=O) groups excluding carboxylic acids is 1. The van der Waals surface area contributed by atoms with Gasteiger partial charge in [-0.2, -0.15) is 14.9 Å². The van der Waals surface area contributed by atoms with E-state index in [0.717, 1.165) is 11.1 Å². The van der Waals surface area contributed by atoms with E-state index in [4.69, 9.17) is 5.26 Å². The summed E-state index contributed by atoms with van der Waals surface area (Å²) in [7, 11) is 0. The molecule has 4 aromatic rings. The van der Waals surface area contributed by atoms with Gasteiger partial charge in [0.2, 0.25) is 5.95 Å². The van der Waals surface area contributed by atoms with Crippen LogP contribution < -0.4 is 5.32 Å². The Morgan fingerprint density at radius 1 is 0.931 bits per heavy atom. The van der Waals surface area contributed by atoms with Gasteiger partial charge >= 0.3 is 0 Å². The molecule has 140 valence electrons. The first kappa shape index (κ1) is 18.1. The van der Waals surface area contributed by atoms with E-state index in [-0.39, 0.29) is 5.91 Å². The monoisotopic (exact) mass is 379 g/mol. The lowest BCUT2D eigenvalue weighted by atomic mass is 10.1. The van der Waals surface area contributed by atoms with Crippen LogP contribution in [0.5, 0.6) is 0 Å². The number of hydrogen-bond acceptors (Lipinski definition) is 5. The molecule has 1 N–H and O–H groups in total. The molecule has 0 saturated carbocycles. The summed E-state index contributed by atoms with van der Waals surface area (Å²) in [5.74, 6) is 0.571. The molecule has 0 atom stereocenters. The molecule has 4 rings (SSSR count). The minimum atomic E-state index is -0.261. The number of nitrogens with one attached hydrogen (secondary N) is 1. The van der Waals surface area contributed by atoms with E-state index >= 15 is 0 Å². The zero-order chi connectivity index (χ0) is 20.1. The Hall–Kier alpha value is -4.24. The van der Waals surface area contributed by atoms with Crippen molar-refractivity contribution in [3.05, 3.63) is 102 Å². The number of hydrogen-bond donors (Lipinski definition) is 1. The first-order chi connectivity index (χ1) is 14.2. The maximum absolute atomic E-state index is 13.0. The van der Waals surface area contributed by atoms with Crippen LogP contribution in [0.3, 0.4) is 0 Å². The van der Waals surface area contributed by atoms with E-state index in [2.05, 4.69) is 21.5 Å². The number of rotatable bonds is 5. The lowest BCUT2D eigenvalue weighted by Crippen LogP contribution is -2.17. The third kappa shape index (κ3) is 4.04. The maximum atomic E-state index is 13.0. The van der Waals surface area contributed by atoms with Gasteiger partial charge in [0.15, 0.2) is 5.82 Å². The fourth-order valence-electron chi connectivity index (χ4n) is 2.86. The smallest absolute Gasteiger partial charge is 0.281 e. The minimum Gasteiger partial charge on any atom is -0.350 e. The van der Waals surface area contributed by atoms with Gasteiger partial charge in [-0.1, -0.05) is 60.7 Å². The van der Waals surface area contributed by atoms with Crippen LogP contribution >= 0.6 is 0 Å². The fourth-order valence-corrected chi connectivity index (χ4v) is 2.86. The molecule has 6 nitrogen and oxygen atoms in total. The normalized spacial score (nSPS) is 10.3. The summed E-state index contributed by atoms with van der Waals surface area (Å²) in [5, 5.41) is 16.6. The van der Waals surface area contributed by atoms with E-state index in [1.807, 2.05) is 60.7 Å². The third-order valence-corrected chi connectivity index (χ3v) is 4.39. The van der Waals surface area contributed by atoms with Crippen LogP contribution in [0, 0.1) is 11.3 Å². The molecule has 1 heterocycles. The first-order valence-corrected chi connectivity index (χ1v) is 9.10. The summed E-state index contributed by atoms with van der Waals surface area (Å²) in [4.78, 5) is 17.5. The SMILES string of the molecule is N#Cc1ccc(CNc2nc(-c3ccccc3)nn2C(=O)c2ccccc2)cc1. The summed E-state index contributed by atoms with van der Waals surface area (Å²) in [6.45, 7) is 0.445. The van der Waals surface area contributed by atoms with E-state index in [9.17, 15) is 4.79 Å². The number of aromatic nitrogens is 3. The Bertz CT molecular complexity index is 1160. The van der Waals surface area contributed by atoms with Gasteiger partial charge in [0.05, 0.1) is 11.6 Å². The van der Waals surface area contributed by atoms with Gasteiger partial charge in [-0.05, 0) is 29.8 Å². The fraction of sp³-hybridized carbons (Fsp3) is 0.0435. The van der Waals surface area contributed by atoms with Crippen molar-refractivity contribution in [3.63, 3.8) is 0 Å². The summed E-state index contributed by atoms with van der Waals surface area (Å²) < 4.78 is 1.29. The molecule has 0 bridgehead atoms. The van der Waals surface area contributed by atoms with Crippen LogP contribution in [-0.2, 0) is 6.54 Å². The van der Waals surface area contributed by atoms with Gasteiger partial charge in [0.25, 0.3) is 5.91 Å². The van der Waals surface area contributed by atoms with Crippen molar-refractivity contribution in [1.82, 2.24) is 14.8 Å². The Labute approximate surface area is 168 Å². The summed E-state index contributed by atoms with van der Waals surface area (Å²) in [6, 6.07) is 27.8. The highest BCUT2D eigenvalue weighted by Crippen LogP contribution is 2.19. The number of nitriles is 1. The van der Waals surface area contributed by atoms with Crippen molar-refractivity contribution in [3.8, 4) is 17.5 Å². The molecule has 0 aliphatic carbocycles. The topological polar surface area (TPSA) is 83.6 Å². The molecule has 0 radical (unpaired) electrons. The number of anilines is 1. The lowest BCUT2D eigenvalue weighted by Gasteiger charge is -2.07. The number of nitrogens with zero attached hydrogens (tertiary/aromatic N) is 4. The van der Waals surface area contributed by atoms with Crippen molar-refractivity contribution in [2.24, 2.45) is 0 Å². The van der Waals surface area contributed by atoms with Crippen molar-refractivity contribution in [1.29, 1.82) is 5.26 Å². The Morgan fingerprint density at radius 2 is 1.59 bits per heavy atom. The second-order valence-electron chi connectivity index (χ2n) is 6.37. The van der Waals surface area contributed by atoms with E-state index in [0.29, 0.717) is 29.4 Å². The predicted molar refractivity (Wildman–Crippen MR) is 110 cm³/mol. The third-order valence-electron chi connectivity index (χ3n) is 4.39. The average molecular weight is 379 g/mol. The molecular formula is C23H17N5O. The van der Waals surface area contributed by atoms with Crippen LogP contribution in [0.15, 0.2) is 84.9 Å². The molecule has 29 heavy (non-hydrogen) atoms. The second kappa shape index (κ2) is 8.19. The Kier molecular flexibility index (Phi) is 5.12.